The fraction of sp³-hybridized carbons (Fsp3) is 0.923. The van der Waals surface area contributed by atoms with Crippen molar-refractivity contribution in [1.29, 1.82) is 0 Å². The average Bonchev–Trinajstić information content (AvgIpc) is 2.56. The van der Waals surface area contributed by atoms with Crippen molar-refractivity contribution in [2.24, 2.45) is 17.8 Å². The molecule has 1 heterocycles. The lowest BCUT2D eigenvalue weighted by Crippen LogP contribution is -2.36. The molecule has 1 amide bonds. The summed E-state index contributed by atoms with van der Waals surface area (Å²) >= 11 is 0. The molecule has 92 valence electrons. The van der Waals surface area contributed by atoms with Crippen LogP contribution < -0.4 is 0 Å². The van der Waals surface area contributed by atoms with E-state index in [2.05, 4.69) is 6.92 Å². The molecular weight excluding hydrogens is 202 g/mol. The molecule has 2 aliphatic rings. The minimum absolute atomic E-state index is 0.130. The van der Waals surface area contributed by atoms with Gasteiger partial charge >= 0.3 is 6.09 Å². The summed E-state index contributed by atoms with van der Waals surface area (Å²) in [7, 11) is 0. The molecule has 0 aromatic carbocycles. The number of hydrogen-bond acceptors (Lipinski definition) is 2. The molecular formula is C13H23NO2. The van der Waals surface area contributed by atoms with Crippen molar-refractivity contribution in [2.45, 2.75) is 46.1 Å². The van der Waals surface area contributed by atoms with E-state index >= 15 is 0 Å². The maximum Gasteiger partial charge on any atom is 0.410 e. The van der Waals surface area contributed by atoms with Gasteiger partial charge in [-0.2, -0.15) is 0 Å². The number of ether oxygens (including phenoxy) is 1. The van der Waals surface area contributed by atoms with Gasteiger partial charge in [-0.1, -0.05) is 6.92 Å². The standard InChI is InChI=1S/C13H23NO2/c1-9-5-10-7-14(8-11(10)6-9)12(15)16-13(2,3)4/h9-11H,5-8H2,1-4H3/t9-,10+,11-. The fourth-order valence-electron chi connectivity index (χ4n) is 3.08. The molecule has 1 aliphatic carbocycles. The third kappa shape index (κ3) is 2.50. The highest BCUT2D eigenvalue weighted by Crippen LogP contribution is 2.41. The van der Waals surface area contributed by atoms with E-state index in [0.717, 1.165) is 30.8 Å². The number of likely N-dealkylation sites (tertiary alicyclic amines) is 1. The molecule has 0 spiro atoms. The molecule has 0 aromatic rings. The number of carbonyl (C=O) groups excluding carboxylic acids is 1. The van der Waals surface area contributed by atoms with Gasteiger partial charge in [0.2, 0.25) is 0 Å². The first kappa shape index (κ1) is 11.7. The SMILES string of the molecule is C[C@H]1C[C@@H]2CN(C(=O)OC(C)(C)C)C[C@@H]2C1. The predicted octanol–water partition coefficient (Wildman–Crippen LogP) is 2.90. The van der Waals surface area contributed by atoms with Gasteiger partial charge in [0, 0.05) is 13.1 Å². The van der Waals surface area contributed by atoms with Crippen molar-refractivity contribution < 1.29 is 9.53 Å². The Morgan fingerprint density at radius 1 is 1.19 bits per heavy atom. The summed E-state index contributed by atoms with van der Waals surface area (Å²) in [5.74, 6) is 2.29. The van der Waals surface area contributed by atoms with E-state index in [1.165, 1.54) is 12.8 Å². The first-order valence-electron chi connectivity index (χ1n) is 6.33. The van der Waals surface area contributed by atoms with E-state index in [1.54, 1.807) is 0 Å². The molecule has 3 nitrogen and oxygen atoms in total. The van der Waals surface area contributed by atoms with Gasteiger partial charge in [0.15, 0.2) is 0 Å². The Morgan fingerprint density at radius 2 is 1.69 bits per heavy atom. The molecule has 1 saturated carbocycles. The Kier molecular flexibility index (Phi) is 2.89. The molecule has 0 N–H and O–H groups in total. The van der Waals surface area contributed by atoms with Crippen molar-refractivity contribution >= 4 is 6.09 Å². The Bertz CT molecular complexity index is 268. The minimum atomic E-state index is -0.373. The molecule has 0 unspecified atom stereocenters. The summed E-state index contributed by atoms with van der Waals surface area (Å²) in [6, 6.07) is 0. The highest BCUT2D eigenvalue weighted by molar-refractivity contribution is 5.68. The van der Waals surface area contributed by atoms with Gasteiger partial charge in [0.25, 0.3) is 0 Å². The van der Waals surface area contributed by atoms with Crippen LogP contribution in [0.3, 0.4) is 0 Å². The Hall–Kier alpha value is -0.730. The number of hydrogen-bond donors (Lipinski definition) is 0. The van der Waals surface area contributed by atoms with Gasteiger partial charge in [-0.3, -0.25) is 0 Å². The van der Waals surface area contributed by atoms with Crippen LogP contribution in [0.25, 0.3) is 0 Å². The summed E-state index contributed by atoms with van der Waals surface area (Å²) in [6.07, 6.45) is 2.43. The summed E-state index contributed by atoms with van der Waals surface area (Å²) in [4.78, 5) is 13.8. The third-order valence-corrected chi connectivity index (χ3v) is 3.64. The summed E-state index contributed by atoms with van der Waals surface area (Å²) in [6.45, 7) is 9.89. The van der Waals surface area contributed by atoms with Crippen LogP contribution in [0.1, 0.15) is 40.5 Å². The highest BCUT2D eigenvalue weighted by Gasteiger charge is 2.41. The van der Waals surface area contributed by atoms with Crippen LogP contribution >= 0.6 is 0 Å². The quantitative estimate of drug-likeness (QED) is 0.634. The number of nitrogens with zero attached hydrogens (tertiary/aromatic N) is 1. The zero-order valence-corrected chi connectivity index (χ0v) is 10.8. The van der Waals surface area contributed by atoms with Gasteiger partial charge in [-0.15, -0.1) is 0 Å². The van der Waals surface area contributed by atoms with Crippen LogP contribution in [0, 0.1) is 17.8 Å². The molecule has 0 aromatic heterocycles. The third-order valence-electron chi connectivity index (χ3n) is 3.64. The molecule has 1 aliphatic heterocycles. The molecule has 2 fully saturated rings. The zero-order chi connectivity index (χ0) is 11.9. The van der Waals surface area contributed by atoms with Crippen LogP contribution in [0.15, 0.2) is 0 Å². The van der Waals surface area contributed by atoms with Gasteiger partial charge in [0.1, 0.15) is 5.60 Å². The largest absolute Gasteiger partial charge is 0.444 e. The van der Waals surface area contributed by atoms with Gasteiger partial charge < -0.3 is 9.64 Å². The van der Waals surface area contributed by atoms with Gasteiger partial charge in [0.05, 0.1) is 0 Å². The number of fused-ring (bicyclic) bond motifs is 1. The summed E-state index contributed by atoms with van der Waals surface area (Å²) in [5.41, 5.74) is -0.373. The molecule has 1 saturated heterocycles. The molecule has 3 atom stereocenters. The maximum absolute atomic E-state index is 11.9. The van der Waals surface area contributed by atoms with Crippen molar-refractivity contribution in [2.75, 3.05) is 13.1 Å². The van der Waals surface area contributed by atoms with E-state index in [4.69, 9.17) is 4.74 Å². The molecule has 2 rings (SSSR count). The Labute approximate surface area is 98.1 Å². The van der Waals surface area contributed by atoms with Gasteiger partial charge in [-0.05, 0) is 51.4 Å². The lowest BCUT2D eigenvalue weighted by molar-refractivity contribution is 0.0278. The lowest BCUT2D eigenvalue weighted by atomic mass is 10.0. The van der Waals surface area contributed by atoms with E-state index in [1.807, 2.05) is 25.7 Å². The molecule has 0 bridgehead atoms. The van der Waals surface area contributed by atoms with Gasteiger partial charge in [-0.25, -0.2) is 4.79 Å². The minimum Gasteiger partial charge on any atom is -0.444 e. The second-order valence-electron chi connectivity index (χ2n) is 6.48. The van der Waals surface area contributed by atoms with Crippen LogP contribution in [0.2, 0.25) is 0 Å². The number of rotatable bonds is 0. The van der Waals surface area contributed by atoms with E-state index in [0.29, 0.717) is 0 Å². The van der Waals surface area contributed by atoms with E-state index in [9.17, 15) is 4.79 Å². The zero-order valence-electron chi connectivity index (χ0n) is 10.8. The summed E-state index contributed by atoms with van der Waals surface area (Å²) < 4.78 is 5.40. The first-order chi connectivity index (χ1) is 7.35. The first-order valence-corrected chi connectivity index (χ1v) is 6.33. The van der Waals surface area contributed by atoms with Crippen LogP contribution in [0.4, 0.5) is 4.79 Å². The van der Waals surface area contributed by atoms with Crippen molar-refractivity contribution in [3.05, 3.63) is 0 Å². The number of amides is 1. The molecule has 3 heteroatoms. The van der Waals surface area contributed by atoms with Crippen LogP contribution in [-0.2, 0) is 4.74 Å². The van der Waals surface area contributed by atoms with Crippen LogP contribution in [-0.4, -0.2) is 29.7 Å². The normalized spacial score (nSPS) is 34.0. The monoisotopic (exact) mass is 225 g/mol. The van der Waals surface area contributed by atoms with E-state index in [-0.39, 0.29) is 11.7 Å². The summed E-state index contributed by atoms with van der Waals surface area (Å²) in [5, 5.41) is 0. The second kappa shape index (κ2) is 3.94. The molecule has 16 heavy (non-hydrogen) atoms. The number of carbonyl (C=O) groups is 1. The highest BCUT2D eigenvalue weighted by atomic mass is 16.6. The van der Waals surface area contributed by atoms with Crippen molar-refractivity contribution in [1.82, 2.24) is 4.90 Å². The smallest absolute Gasteiger partial charge is 0.410 e. The predicted molar refractivity (Wildman–Crippen MR) is 63.2 cm³/mol. The average molecular weight is 225 g/mol. The van der Waals surface area contributed by atoms with Crippen molar-refractivity contribution in [3.63, 3.8) is 0 Å². The van der Waals surface area contributed by atoms with E-state index < -0.39 is 0 Å². The second-order valence-corrected chi connectivity index (χ2v) is 6.48. The van der Waals surface area contributed by atoms with Crippen LogP contribution in [0.5, 0.6) is 0 Å². The Balaban J connectivity index is 1.88. The Morgan fingerprint density at radius 3 is 2.12 bits per heavy atom. The topological polar surface area (TPSA) is 29.5 Å². The maximum atomic E-state index is 11.9. The molecule has 0 radical (unpaired) electrons. The fourth-order valence-corrected chi connectivity index (χ4v) is 3.08. The lowest BCUT2D eigenvalue weighted by Gasteiger charge is -2.25. The van der Waals surface area contributed by atoms with Crippen molar-refractivity contribution in [3.8, 4) is 0 Å².